The van der Waals surface area contributed by atoms with Gasteiger partial charge in [0.2, 0.25) is 5.91 Å². The molecule has 0 aromatic heterocycles. The summed E-state index contributed by atoms with van der Waals surface area (Å²) in [6.07, 6.45) is 0. The normalized spacial score (nSPS) is 10.2. The smallest absolute Gasteiger partial charge is 0.255 e. The highest BCUT2D eigenvalue weighted by Crippen LogP contribution is 2.27. The summed E-state index contributed by atoms with van der Waals surface area (Å²) in [6.45, 7) is -0.0439. The zero-order valence-electron chi connectivity index (χ0n) is 14.6. The largest absolute Gasteiger partial charge is 0.495 e. The lowest BCUT2D eigenvalue weighted by Gasteiger charge is -2.16. The van der Waals surface area contributed by atoms with Crippen molar-refractivity contribution in [3.63, 3.8) is 0 Å². The van der Waals surface area contributed by atoms with Crippen molar-refractivity contribution in [1.29, 1.82) is 0 Å². The molecule has 138 valence electrons. The second kappa shape index (κ2) is 8.78. The molecule has 0 unspecified atom stereocenters. The van der Waals surface area contributed by atoms with Gasteiger partial charge in [-0.15, -0.1) is 0 Å². The minimum Gasteiger partial charge on any atom is -0.495 e. The number of nitrogens with one attached hydrogen (secondary N) is 2. The lowest BCUT2D eigenvalue weighted by molar-refractivity contribution is -0.114. The van der Waals surface area contributed by atoms with Crippen LogP contribution in [0.25, 0.3) is 0 Å². The number of anilines is 2. The molecule has 8 heteroatoms. The van der Waals surface area contributed by atoms with E-state index >= 15 is 0 Å². The molecule has 2 aromatic rings. The first-order valence-corrected chi connectivity index (χ1v) is 8.46. The Morgan fingerprint density at radius 1 is 1.12 bits per heavy atom. The molecule has 2 rings (SSSR count). The summed E-state index contributed by atoms with van der Waals surface area (Å²) in [5, 5.41) is 6.52. The van der Waals surface area contributed by atoms with Gasteiger partial charge in [0.05, 0.1) is 24.2 Å². The van der Waals surface area contributed by atoms with Crippen molar-refractivity contribution in [3.05, 3.63) is 52.0 Å². The van der Waals surface area contributed by atoms with Crippen LogP contribution < -0.4 is 15.4 Å². The van der Waals surface area contributed by atoms with Crippen molar-refractivity contribution in [2.75, 3.05) is 38.4 Å². The van der Waals surface area contributed by atoms with Gasteiger partial charge in [-0.1, -0.05) is 23.2 Å². The summed E-state index contributed by atoms with van der Waals surface area (Å²) in [7, 11) is 4.82. The molecule has 6 nitrogen and oxygen atoms in total. The molecule has 0 radical (unpaired) electrons. The summed E-state index contributed by atoms with van der Waals surface area (Å²) in [5.74, 6) is 0.0366. The number of benzene rings is 2. The summed E-state index contributed by atoms with van der Waals surface area (Å²) < 4.78 is 5.07. The average molecular weight is 396 g/mol. The molecule has 2 aromatic carbocycles. The first-order valence-electron chi connectivity index (χ1n) is 7.70. The van der Waals surface area contributed by atoms with Crippen LogP contribution in [0.5, 0.6) is 5.75 Å². The predicted octanol–water partition coefficient (Wildman–Crippen LogP) is 3.75. The van der Waals surface area contributed by atoms with E-state index in [4.69, 9.17) is 27.9 Å². The number of carbonyl (C=O) groups excluding carboxylic acids is 2. The van der Waals surface area contributed by atoms with Crippen molar-refractivity contribution in [2.45, 2.75) is 0 Å². The van der Waals surface area contributed by atoms with Crippen LogP contribution in [0.4, 0.5) is 11.4 Å². The molecule has 26 heavy (non-hydrogen) atoms. The average Bonchev–Trinajstić information content (AvgIpc) is 2.59. The maximum absolute atomic E-state index is 12.2. The van der Waals surface area contributed by atoms with E-state index in [1.54, 1.807) is 50.5 Å². The van der Waals surface area contributed by atoms with Crippen LogP contribution in [0.2, 0.25) is 10.0 Å². The number of nitrogens with zero attached hydrogens (tertiary/aromatic N) is 1. The maximum Gasteiger partial charge on any atom is 0.255 e. The number of ether oxygens (including phenoxy) is 1. The third-order valence-electron chi connectivity index (χ3n) is 3.49. The topological polar surface area (TPSA) is 70.7 Å². The predicted molar refractivity (Wildman–Crippen MR) is 105 cm³/mol. The number of hydrogen-bond donors (Lipinski definition) is 2. The van der Waals surface area contributed by atoms with Crippen molar-refractivity contribution >= 4 is 46.4 Å². The maximum atomic E-state index is 12.2. The Labute approximate surface area is 162 Å². The second-order valence-corrected chi connectivity index (χ2v) is 6.48. The van der Waals surface area contributed by atoms with Gasteiger partial charge in [0.1, 0.15) is 5.75 Å². The van der Waals surface area contributed by atoms with Gasteiger partial charge in [-0.3, -0.25) is 9.59 Å². The van der Waals surface area contributed by atoms with Crippen molar-refractivity contribution in [3.8, 4) is 5.75 Å². The molecule has 0 saturated heterocycles. The van der Waals surface area contributed by atoms with Crippen molar-refractivity contribution < 1.29 is 14.3 Å². The SMILES string of the molecule is COc1ccc(NC(=O)CNc2cc(Cl)ccc2C(=O)N(C)C)cc1Cl. The zero-order valence-corrected chi connectivity index (χ0v) is 16.1. The summed E-state index contributed by atoms with van der Waals surface area (Å²) in [5.41, 5.74) is 1.46. The third kappa shape index (κ3) is 5.03. The van der Waals surface area contributed by atoms with Crippen LogP contribution in [0.1, 0.15) is 10.4 Å². The number of hydrogen-bond acceptors (Lipinski definition) is 4. The molecule has 0 saturated carbocycles. The lowest BCUT2D eigenvalue weighted by atomic mass is 10.1. The van der Waals surface area contributed by atoms with Gasteiger partial charge in [0, 0.05) is 30.5 Å². The van der Waals surface area contributed by atoms with E-state index < -0.39 is 0 Å². The van der Waals surface area contributed by atoms with Gasteiger partial charge in [0.25, 0.3) is 5.91 Å². The van der Waals surface area contributed by atoms with E-state index in [0.29, 0.717) is 32.7 Å². The van der Waals surface area contributed by atoms with Gasteiger partial charge in [-0.25, -0.2) is 0 Å². The summed E-state index contributed by atoms with van der Waals surface area (Å²) >= 11 is 12.0. The third-order valence-corrected chi connectivity index (χ3v) is 4.02. The van der Waals surface area contributed by atoms with E-state index in [1.807, 2.05) is 0 Å². The van der Waals surface area contributed by atoms with Crippen LogP contribution >= 0.6 is 23.2 Å². The molecule has 0 aliphatic carbocycles. The Balaban J connectivity index is 2.06. The molecule has 0 heterocycles. The van der Waals surface area contributed by atoms with Crippen LogP contribution in [0.3, 0.4) is 0 Å². The highest BCUT2D eigenvalue weighted by Gasteiger charge is 2.14. The number of methoxy groups -OCH3 is 1. The van der Waals surface area contributed by atoms with Crippen LogP contribution in [0.15, 0.2) is 36.4 Å². The highest BCUT2D eigenvalue weighted by atomic mass is 35.5. The van der Waals surface area contributed by atoms with E-state index in [1.165, 1.54) is 12.0 Å². The zero-order chi connectivity index (χ0) is 19.3. The minimum absolute atomic E-state index is 0.0439. The molecule has 2 amide bonds. The monoisotopic (exact) mass is 395 g/mol. The molecule has 0 bridgehead atoms. The second-order valence-electron chi connectivity index (χ2n) is 5.64. The summed E-state index contributed by atoms with van der Waals surface area (Å²) in [6, 6.07) is 9.80. The molecule has 0 aliphatic heterocycles. The standard InChI is InChI=1S/C18H19Cl2N3O3/c1-23(2)18(25)13-6-4-11(19)8-15(13)21-10-17(24)22-12-5-7-16(26-3)14(20)9-12/h4-9,21H,10H2,1-3H3,(H,22,24). The number of rotatable bonds is 6. The van der Waals surface area contributed by atoms with Gasteiger partial charge in [0.15, 0.2) is 0 Å². The van der Waals surface area contributed by atoms with E-state index in [9.17, 15) is 9.59 Å². The molecule has 0 aliphatic rings. The Kier molecular flexibility index (Phi) is 6.71. The van der Waals surface area contributed by atoms with Crippen LogP contribution in [-0.4, -0.2) is 44.5 Å². The first-order chi connectivity index (χ1) is 12.3. The Hall–Kier alpha value is -2.44. The van der Waals surface area contributed by atoms with Gasteiger partial charge < -0.3 is 20.3 Å². The number of carbonyl (C=O) groups is 2. The van der Waals surface area contributed by atoms with Gasteiger partial charge in [-0.05, 0) is 36.4 Å². The Morgan fingerprint density at radius 3 is 2.46 bits per heavy atom. The molecule has 0 atom stereocenters. The van der Waals surface area contributed by atoms with Gasteiger partial charge >= 0.3 is 0 Å². The number of amides is 2. The Bertz CT molecular complexity index is 825. The molecule has 2 N–H and O–H groups in total. The van der Waals surface area contributed by atoms with Crippen molar-refractivity contribution in [2.24, 2.45) is 0 Å². The van der Waals surface area contributed by atoms with E-state index in [-0.39, 0.29) is 18.4 Å². The van der Waals surface area contributed by atoms with Crippen LogP contribution in [-0.2, 0) is 4.79 Å². The molecular weight excluding hydrogens is 377 g/mol. The molecule has 0 spiro atoms. The lowest BCUT2D eigenvalue weighted by Crippen LogP contribution is -2.25. The van der Waals surface area contributed by atoms with Gasteiger partial charge in [-0.2, -0.15) is 0 Å². The fourth-order valence-electron chi connectivity index (χ4n) is 2.21. The molecular formula is C18H19Cl2N3O3. The van der Waals surface area contributed by atoms with Crippen LogP contribution in [0, 0.1) is 0 Å². The minimum atomic E-state index is -0.297. The molecule has 0 fully saturated rings. The van der Waals surface area contributed by atoms with Crippen molar-refractivity contribution in [1.82, 2.24) is 4.90 Å². The van der Waals surface area contributed by atoms with E-state index in [2.05, 4.69) is 10.6 Å². The fraction of sp³-hybridized carbons (Fsp3) is 0.222. The quantitative estimate of drug-likeness (QED) is 0.780. The summed E-state index contributed by atoms with van der Waals surface area (Å²) in [4.78, 5) is 25.9. The highest BCUT2D eigenvalue weighted by molar-refractivity contribution is 6.32. The Morgan fingerprint density at radius 2 is 1.85 bits per heavy atom. The fourth-order valence-corrected chi connectivity index (χ4v) is 2.64. The first kappa shape index (κ1) is 19.9. The number of halogens is 2. The van der Waals surface area contributed by atoms with E-state index in [0.717, 1.165) is 0 Å².